The average Bonchev–Trinajstić information content (AvgIpc) is 2.81. The minimum Gasteiger partial charge on any atom is -0.377 e. The minimum atomic E-state index is 0.402. The molecule has 0 amide bonds. The third-order valence-electron chi connectivity index (χ3n) is 6.57. The summed E-state index contributed by atoms with van der Waals surface area (Å²) in [5, 5.41) is 12.6. The highest BCUT2D eigenvalue weighted by Crippen LogP contribution is 2.29. The molecule has 0 radical (unpaired) electrons. The van der Waals surface area contributed by atoms with Gasteiger partial charge in [0.25, 0.3) is 0 Å². The molecule has 174 valence electrons. The fourth-order valence-electron chi connectivity index (χ4n) is 4.73. The maximum absolute atomic E-state index is 5.65. The lowest BCUT2D eigenvalue weighted by molar-refractivity contribution is 0.388. The molecule has 3 aromatic rings. The zero-order valence-corrected chi connectivity index (χ0v) is 20.9. The van der Waals surface area contributed by atoms with Crippen molar-refractivity contribution in [2.75, 3.05) is 29.6 Å². The smallest absolute Gasteiger partial charge is 0.171 e. The quantitative estimate of drug-likeness (QED) is 0.399. The molecule has 1 aliphatic rings. The maximum atomic E-state index is 5.65. The topological polar surface area (TPSA) is 52.2 Å². The molecule has 1 aliphatic carbocycles. The van der Waals surface area contributed by atoms with Crippen LogP contribution in [0.2, 0.25) is 0 Å². The van der Waals surface area contributed by atoms with E-state index in [1.165, 1.54) is 22.2 Å². The van der Waals surface area contributed by atoms with Gasteiger partial charge in [-0.3, -0.25) is 0 Å². The molecule has 0 spiro atoms. The third kappa shape index (κ3) is 5.56. The lowest BCUT2D eigenvalue weighted by Crippen LogP contribution is -2.42. The number of aromatic nitrogens is 1. The summed E-state index contributed by atoms with van der Waals surface area (Å²) >= 11 is 5.65. The molecular weight excluding hydrogens is 426 g/mol. The lowest BCUT2D eigenvalue weighted by Gasteiger charge is -2.31. The van der Waals surface area contributed by atoms with E-state index in [2.05, 4.69) is 91.3 Å². The number of fused-ring (bicyclic) bond motifs is 1. The Kier molecular flexibility index (Phi) is 7.33. The molecule has 2 aromatic carbocycles. The molecule has 0 aliphatic heterocycles. The van der Waals surface area contributed by atoms with Crippen molar-refractivity contribution in [1.82, 2.24) is 10.3 Å². The lowest BCUT2D eigenvalue weighted by atomic mass is 9.91. The number of benzene rings is 2. The number of pyridine rings is 1. The van der Waals surface area contributed by atoms with Crippen LogP contribution in [0.4, 0.5) is 17.2 Å². The van der Waals surface area contributed by atoms with E-state index in [4.69, 9.17) is 17.2 Å². The number of thiocarbonyl (C=S) groups is 1. The first-order valence-electron chi connectivity index (χ1n) is 11.9. The zero-order chi connectivity index (χ0) is 23.4. The van der Waals surface area contributed by atoms with Crippen LogP contribution >= 0.6 is 12.2 Å². The molecular formula is C27H35N5S. The van der Waals surface area contributed by atoms with Crippen molar-refractivity contribution in [3.63, 3.8) is 0 Å². The van der Waals surface area contributed by atoms with Crippen LogP contribution in [0.1, 0.15) is 43.7 Å². The Labute approximate surface area is 203 Å². The van der Waals surface area contributed by atoms with Gasteiger partial charge in [-0.1, -0.05) is 43.3 Å². The summed E-state index contributed by atoms with van der Waals surface area (Å²) in [4.78, 5) is 7.02. The molecule has 1 aromatic heterocycles. The van der Waals surface area contributed by atoms with Gasteiger partial charge < -0.3 is 20.9 Å². The standard InChI is InChI=1S/C27H35N5S/c1-5-19-10-8-9-18(2)26(19)31-27(33)29-21-15-13-20(14-16-21)28-25-17-24(32(3)4)22-11-6-7-12-23(22)30-25/h6-12,17,20-21H,5,13-16H2,1-4H3,(H,28,30)(H2,29,31,33). The molecule has 5 nitrogen and oxygen atoms in total. The third-order valence-corrected chi connectivity index (χ3v) is 6.79. The van der Waals surface area contributed by atoms with Crippen LogP contribution in [-0.4, -0.2) is 36.3 Å². The van der Waals surface area contributed by atoms with Crippen molar-refractivity contribution in [1.29, 1.82) is 0 Å². The van der Waals surface area contributed by atoms with Crippen molar-refractivity contribution in [2.24, 2.45) is 0 Å². The Hall–Kier alpha value is -2.86. The highest BCUT2D eigenvalue weighted by Gasteiger charge is 2.22. The van der Waals surface area contributed by atoms with Gasteiger partial charge in [0.2, 0.25) is 0 Å². The van der Waals surface area contributed by atoms with Gasteiger partial charge in [0, 0.05) is 49.0 Å². The van der Waals surface area contributed by atoms with E-state index in [0.717, 1.165) is 54.2 Å². The van der Waals surface area contributed by atoms with E-state index in [1.807, 2.05) is 6.07 Å². The normalized spacial score (nSPS) is 18.1. The van der Waals surface area contributed by atoms with Crippen LogP contribution in [0.5, 0.6) is 0 Å². The van der Waals surface area contributed by atoms with E-state index in [1.54, 1.807) is 0 Å². The van der Waals surface area contributed by atoms with E-state index in [-0.39, 0.29) is 0 Å². The number of hydrogen-bond acceptors (Lipinski definition) is 4. The van der Waals surface area contributed by atoms with Crippen LogP contribution in [0.25, 0.3) is 10.9 Å². The van der Waals surface area contributed by atoms with Crippen molar-refractivity contribution in [3.05, 3.63) is 59.7 Å². The molecule has 1 fully saturated rings. The molecule has 0 saturated heterocycles. The summed E-state index contributed by atoms with van der Waals surface area (Å²) in [6, 6.07) is 17.7. The molecule has 3 N–H and O–H groups in total. The Morgan fingerprint density at radius 1 is 1.03 bits per heavy atom. The summed E-state index contributed by atoms with van der Waals surface area (Å²) in [7, 11) is 4.17. The van der Waals surface area contributed by atoms with Gasteiger partial charge in [-0.05, 0) is 68.4 Å². The highest BCUT2D eigenvalue weighted by atomic mass is 32.1. The van der Waals surface area contributed by atoms with Crippen LogP contribution < -0.4 is 20.9 Å². The van der Waals surface area contributed by atoms with Gasteiger partial charge in [0.1, 0.15) is 5.82 Å². The molecule has 0 bridgehead atoms. The van der Waals surface area contributed by atoms with Crippen molar-refractivity contribution in [2.45, 2.75) is 58.0 Å². The molecule has 1 heterocycles. The van der Waals surface area contributed by atoms with E-state index in [0.29, 0.717) is 12.1 Å². The molecule has 0 atom stereocenters. The summed E-state index contributed by atoms with van der Waals surface area (Å²) in [5.41, 5.74) is 5.89. The Morgan fingerprint density at radius 3 is 2.48 bits per heavy atom. The van der Waals surface area contributed by atoms with Crippen molar-refractivity contribution >= 4 is 45.4 Å². The number of para-hydroxylation sites is 2. The zero-order valence-electron chi connectivity index (χ0n) is 20.1. The predicted octanol–water partition coefficient (Wildman–Crippen LogP) is 5.88. The second-order valence-electron chi connectivity index (χ2n) is 9.19. The van der Waals surface area contributed by atoms with Crippen LogP contribution in [0.3, 0.4) is 0 Å². The number of nitrogens with one attached hydrogen (secondary N) is 3. The fourth-order valence-corrected chi connectivity index (χ4v) is 5.00. The first kappa shape index (κ1) is 23.3. The van der Waals surface area contributed by atoms with E-state index < -0.39 is 0 Å². The Morgan fingerprint density at radius 2 is 1.76 bits per heavy atom. The summed E-state index contributed by atoms with van der Waals surface area (Å²) < 4.78 is 0. The maximum Gasteiger partial charge on any atom is 0.171 e. The summed E-state index contributed by atoms with van der Waals surface area (Å²) in [6.45, 7) is 4.31. The first-order valence-corrected chi connectivity index (χ1v) is 12.3. The van der Waals surface area contributed by atoms with Gasteiger partial charge in [-0.25, -0.2) is 4.98 Å². The number of aryl methyl sites for hydroxylation is 2. The predicted molar refractivity (Wildman–Crippen MR) is 146 cm³/mol. The van der Waals surface area contributed by atoms with Crippen molar-refractivity contribution < 1.29 is 0 Å². The van der Waals surface area contributed by atoms with E-state index >= 15 is 0 Å². The second kappa shape index (κ2) is 10.4. The SMILES string of the molecule is CCc1cccc(C)c1NC(=S)NC1CCC(Nc2cc(N(C)C)c3ccccc3n2)CC1. The number of hydrogen-bond donors (Lipinski definition) is 3. The number of rotatable bonds is 6. The highest BCUT2D eigenvalue weighted by molar-refractivity contribution is 7.80. The Bertz CT molecular complexity index is 1120. The largest absolute Gasteiger partial charge is 0.377 e. The number of nitrogens with zero attached hydrogens (tertiary/aromatic N) is 2. The minimum absolute atomic E-state index is 0.402. The van der Waals surface area contributed by atoms with Gasteiger partial charge >= 0.3 is 0 Å². The van der Waals surface area contributed by atoms with Crippen molar-refractivity contribution in [3.8, 4) is 0 Å². The fraction of sp³-hybridized carbons (Fsp3) is 0.407. The van der Waals surface area contributed by atoms with Gasteiger partial charge in [-0.15, -0.1) is 0 Å². The summed E-state index contributed by atoms with van der Waals surface area (Å²) in [6.07, 6.45) is 5.35. The average molecular weight is 462 g/mol. The van der Waals surface area contributed by atoms with E-state index in [9.17, 15) is 0 Å². The Balaban J connectivity index is 1.34. The molecule has 1 saturated carbocycles. The second-order valence-corrected chi connectivity index (χ2v) is 9.60. The first-order chi connectivity index (χ1) is 15.9. The molecule has 6 heteroatoms. The molecule has 33 heavy (non-hydrogen) atoms. The van der Waals surface area contributed by atoms with Gasteiger partial charge in [0.15, 0.2) is 5.11 Å². The number of anilines is 3. The summed E-state index contributed by atoms with van der Waals surface area (Å²) in [5.74, 6) is 0.956. The molecule has 4 rings (SSSR count). The van der Waals surface area contributed by atoms with Crippen LogP contribution in [0.15, 0.2) is 48.5 Å². The van der Waals surface area contributed by atoms with Gasteiger partial charge in [0.05, 0.1) is 5.52 Å². The van der Waals surface area contributed by atoms with Crippen LogP contribution in [-0.2, 0) is 6.42 Å². The monoisotopic (exact) mass is 461 g/mol. The van der Waals surface area contributed by atoms with Crippen LogP contribution in [0, 0.1) is 6.92 Å². The van der Waals surface area contributed by atoms with Gasteiger partial charge in [-0.2, -0.15) is 0 Å². The molecule has 0 unspecified atom stereocenters.